The van der Waals surface area contributed by atoms with Crippen molar-refractivity contribution in [3.8, 4) is 11.5 Å². The van der Waals surface area contributed by atoms with Gasteiger partial charge in [-0.15, -0.1) is 0 Å². The number of hydrogen-bond donors (Lipinski definition) is 0. The highest BCUT2D eigenvalue weighted by atomic mass is 79.9. The van der Waals surface area contributed by atoms with Crippen LogP contribution in [0.4, 0.5) is 5.69 Å². The van der Waals surface area contributed by atoms with Crippen LogP contribution in [0, 0.1) is 6.92 Å². The predicted molar refractivity (Wildman–Crippen MR) is 136 cm³/mol. The van der Waals surface area contributed by atoms with Crippen molar-refractivity contribution >= 4 is 39.3 Å². The molecular formula is C27H25BrN2O5. The highest BCUT2D eigenvalue weighted by Gasteiger charge is 2.44. The van der Waals surface area contributed by atoms with E-state index in [0.717, 1.165) is 20.5 Å². The minimum absolute atomic E-state index is 0.0974. The topological polar surface area (TPSA) is 76.2 Å². The average Bonchev–Trinajstić information content (AvgIpc) is 3.16. The molecule has 35 heavy (non-hydrogen) atoms. The SMILES string of the molecule is COc1ccc(C(=O)N(Cc2ccc(C)cc2)C2CC(=O)N(c3ccc(Br)cc3)C2=O)cc1OC. The van der Waals surface area contributed by atoms with Crippen LogP contribution in [0.15, 0.2) is 71.2 Å². The summed E-state index contributed by atoms with van der Waals surface area (Å²) in [6.45, 7) is 2.15. The van der Waals surface area contributed by atoms with E-state index in [9.17, 15) is 14.4 Å². The molecule has 0 aromatic heterocycles. The first kappa shape index (κ1) is 24.5. The molecule has 1 fully saturated rings. The van der Waals surface area contributed by atoms with E-state index in [2.05, 4.69) is 15.9 Å². The first-order chi connectivity index (χ1) is 16.8. The zero-order valence-electron chi connectivity index (χ0n) is 19.7. The molecule has 180 valence electrons. The third kappa shape index (κ3) is 5.07. The summed E-state index contributed by atoms with van der Waals surface area (Å²) in [6.07, 6.45) is -0.0974. The van der Waals surface area contributed by atoms with Crippen molar-refractivity contribution in [1.29, 1.82) is 0 Å². The molecule has 0 saturated carbocycles. The Morgan fingerprint density at radius 3 is 2.26 bits per heavy atom. The summed E-state index contributed by atoms with van der Waals surface area (Å²) >= 11 is 3.37. The van der Waals surface area contributed by atoms with Gasteiger partial charge < -0.3 is 14.4 Å². The average molecular weight is 537 g/mol. The van der Waals surface area contributed by atoms with Crippen molar-refractivity contribution in [2.45, 2.75) is 25.9 Å². The summed E-state index contributed by atoms with van der Waals surface area (Å²) in [5, 5.41) is 0. The summed E-state index contributed by atoms with van der Waals surface area (Å²) in [7, 11) is 3.01. The molecule has 7 nitrogen and oxygen atoms in total. The molecule has 3 aromatic rings. The number of rotatable bonds is 7. The van der Waals surface area contributed by atoms with Crippen LogP contribution in [-0.2, 0) is 16.1 Å². The Labute approximate surface area is 212 Å². The number of amides is 3. The van der Waals surface area contributed by atoms with Gasteiger partial charge in [0.25, 0.3) is 11.8 Å². The summed E-state index contributed by atoms with van der Waals surface area (Å²) in [5.41, 5.74) is 2.74. The van der Waals surface area contributed by atoms with E-state index in [1.807, 2.05) is 31.2 Å². The minimum atomic E-state index is -0.937. The normalized spacial score (nSPS) is 15.3. The van der Waals surface area contributed by atoms with Gasteiger partial charge >= 0.3 is 0 Å². The molecule has 0 spiro atoms. The smallest absolute Gasteiger partial charge is 0.257 e. The molecule has 1 saturated heterocycles. The molecule has 1 atom stereocenters. The number of carbonyl (C=O) groups is 3. The van der Waals surface area contributed by atoms with Gasteiger partial charge in [-0.25, -0.2) is 4.90 Å². The molecule has 0 bridgehead atoms. The lowest BCUT2D eigenvalue weighted by molar-refractivity contribution is -0.122. The van der Waals surface area contributed by atoms with Crippen LogP contribution in [0.1, 0.15) is 27.9 Å². The van der Waals surface area contributed by atoms with Crippen molar-refractivity contribution in [1.82, 2.24) is 4.90 Å². The van der Waals surface area contributed by atoms with Crippen molar-refractivity contribution in [2.24, 2.45) is 0 Å². The minimum Gasteiger partial charge on any atom is -0.493 e. The largest absolute Gasteiger partial charge is 0.493 e. The molecule has 8 heteroatoms. The standard InChI is InChI=1S/C27H25BrN2O5/c1-17-4-6-18(7-5-17)16-29(26(32)19-8-13-23(34-2)24(14-19)35-3)22-15-25(31)30(27(22)33)21-11-9-20(28)10-12-21/h4-14,22H,15-16H2,1-3H3. The fourth-order valence-corrected chi connectivity index (χ4v) is 4.33. The molecule has 0 N–H and O–H groups in total. The van der Waals surface area contributed by atoms with Crippen molar-refractivity contribution in [3.63, 3.8) is 0 Å². The van der Waals surface area contributed by atoms with Crippen LogP contribution >= 0.6 is 15.9 Å². The first-order valence-electron chi connectivity index (χ1n) is 11.0. The zero-order valence-corrected chi connectivity index (χ0v) is 21.2. The third-order valence-electron chi connectivity index (χ3n) is 5.95. The maximum absolute atomic E-state index is 13.8. The van der Waals surface area contributed by atoms with Crippen molar-refractivity contribution < 1.29 is 23.9 Å². The van der Waals surface area contributed by atoms with Crippen LogP contribution in [0.25, 0.3) is 0 Å². The first-order valence-corrected chi connectivity index (χ1v) is 11.8. The summed E-state index contributed by atoms with van der Waals surface area (Å²) in [5.74, 6) is -0.272. The van der Waals surface area contributed by atoms with E-state index < -0.39 is 11.9 Å². The molecule has 1 aliphatic rings. The van der Waals surface area contributed by atoms with Gasteiger partial charge in [0.1, 0.15) is 6.04 Å². The Bertz CT molecular complexity index is 1260. The number of nitrogens with zero attached hydrogens (tertiary/aromatic N) is 2. The molecule has 4 rings (SSSR count). The maximum Gasteiger partial charge on any atom is 0.257 e. The number of benzene rings is 3. The Morgan fingerprint density at radius 1 is 0.971 bits per heavy atom. The number of ether oxygens (including phenoxy) is 2. The number of imide groups is 1. The fourth-order valence-electron chi connectivity index (χ4n) is 4.07. The summed E-state index contributed by atoms with van der Waals surface area (Å²) in [6, 6.07) is 18.6. The predicted octanol–water partition coefficient (Wildman–Crippen LogP) is 4.75. The Morgan fingerprint density at radius 2 is 1.63 bits per heavy atom. The lowest BCUT2D eigenvalue weighted by atomic mass is 10.1. The van der Waals surface area contributed by atoms with E-state index in [-0.39, 0.29) is 24.8 Å². The van der Waals surface area contributed by atoms with Gasteiger partial charge in [0.2, 0.25) is 5.91 Å². The van der Waals surface area contributed by atoms with Crippen LogP contribution in [0.3, 0.4) is 0 Å². The third-order valence-corrected chi connectivity index (χ3v) is 6.48. The van der Waals surface area contributed by atoms with Gasteiger partial charge in [0.15, 0.2) is 11.5 Å². The Balaban J connectivity index is 1.71. The highest BCUT2D eigenvalue weighted by Crippen LogP contribution is 2.31. The fraction of sp³-hybridized carbons (Fsp3) is 0.222. The van der Waals surface area contributed by atoms with Gasteiger partial charge in [-0.3, -0.25) is 14.4 Å². The Kier molecular flexibility index (Phi) is 7.21. The van der Waals surface area contributed by atoms with Crippen LogP contribution < -0.4 is 14.4 Å². The van der Waals surface area contributed by atoms with Crippen molar-refractivity contribution in [2.75, 3.05) is 19.1 Å². The van der Waals surface area contributed by atoms with E-state index in [1.165, 1.54) is 19.1 Å². The van der Waals surface area contributed by atoms with Gasteiger partial charge in [-0.05, 0) is 55.0 Å². The lowest BCUT2D eigenvalue weighted by Crippen LogP contribution is -2.45. The quantitative estimate of drug-likeness (QED) is 0.407. The van der Waals surface area contributed by atoms with Gasteiger partial charge in [-0.1, -0.05) is 45.8 Å². The maximum atomic E-state index is 13.8. The van der Waals surface area contributed by atoms with Gasteiger partial charge in [-0.2, -0.15) is 0 Å². The monoisotopic (exact) mass is 536 g/mol. The van der Waals surface area contributed by atoms with Gasteiger partial charge in [0, 0.05) is 16.6 Å². The molecular weight excluding hydrogens is 512 g/mol. The van der Waals surface area contributed by atoms with E-state index in [1.54, 1.807) is 42.5 Å². The number of aryl methyl sites for hydroxylation is 1. The van der Waals surface area contributed by atoms with Crippen LogP contribution in [0.5, 0.6) is 11.5 Å². The zero-order chi connectivity index (χ0) is 25.1. The second kappa shape index (κ2) is 10.3. The molecule has 0 aliphatic carbocycles. The van der Waals surface area contributed by atoms with E-state index in [0.29, 0.717) is 22.7 Å². The van der Waals surface area contributed by atoms with Gasteiger partial charge in [0.05, 0.1) is 26.3 Å². The molecule has 3 amide bonds. The van der Waals surface area contributed by atoms with Crippen LogP contribution in [0.2, 0.25) is 0 Å². The summed E-state index contributed by atoms with van der Waals surface area (Å²) < 4.78 is 11.5. The van der Waals surface area contributed by atoms with E-state index >= 15 is 0 Å². The molecule has 1 aliphatic heterocycles. The molecule has 1 heterocycles. The second-order valence-electron chi connectivity index (χ2n) is 8.25. The number of anilines is 1. The molecule has 3 aromatic carbocycles. The van der Waals surface area contributed by atoms with E-state index in [4.69, 9.17) is 9.47 Å². The van der Waals surface area contributed by atoms with Crippen molar-refractivity contribution in [3.05, 3.63) is 87.9 Å². The number of halogens is 1. The number of hydrogen-bond acceptors (Lipinski definition) is 5. The molecule has 0 radical (unpaired) electrons. The highest BCUT2D eigenvalue weighted by molar-refractivity contribution is 9.10. The summed E-state index contributed by atoms with van der Waals surface area (Å²) in [4.78, 5) is 42.8. The molecule has 1 unspecified atom stereocenters. The second-order valence-corrected chi connectivity index (χ2v) is 9.17. The van der Waals surface area contributed by atoms with Crippen LogP contribution in [-0.4, -0.2) is 42.9 Å². The lowest BCUT2D eigenvalue weighted by Gasteiger charge is -2.28. The number of methoxy groups -OCH3 is 2. The number of carbonyl (C=O) groups excluding carboxylic acids is 3. The Hall–Kier alpha value is -3.65.